The first kappa shape index (κ1) is 17.4. The number of ether oxygens (including phenoxy) is 1. The number of hydrazine groups is 1. The zero-order valence-corrected chi connectivity index (χ0v) is 14.1. The average Bonchev–Trinajstić information content (AvgIpc) is 3.43. The van der Waals surface area contributed by atoms with Crippen molar-refractivity contribution in [3.8, 4) is 5.75 Å². The van der Waals surface area contributed by atoms with Crippen molar-refractivity contribution in [1.29, 1.82) is 0 Å². The predicted molar refractivity (Wildman–Crippen MR) is 88.8 cm³/mol. The molecule has 0 unspecified atom stereocenters. The Morgan fingerprint density at radius 3 is 2.56 bits per heavy atom. The lowest BCUT2D eigenvalue weighted by atomic mass is 10.2. The molecule has 0 aromatic heterocycles. The second-order valence-electron chi connectivity index (χ2n) is 5.80. The second-order valence-corrected chi connectivity index (χ2v) is 7.49. The van der Waals surface area contributed by atoms with Crippen LogP contribution in [0.25, 0.3) is 0 Å². The van der Waals surface area contributed by atoms with E-state index in [-0.39, 0.29) is 16.2 Å². The molecule has 2 N–H and O–H groups in total. The first-order chi connectivity index (χ1) is 11.9. The lowest BCUT2D eigenvalue weighted by molar-refractivity contribution is 0.0944. The van der Waals surface area contributed by atoms with Crippen molar-refractivity contribution in [3.63, 3.8) is 0 Å². The van der Waals surface area contributed by atoms with Gasteiger partial charge in [0, 0.05) is 11.6 Å². The molecule has 1 fully saturated rings. The van der Waals surface area contributed by atoms with E-state index < -0.39 is 21.7 Å². The zero-order chi connectivity index (χ0) is 17.9. The van der Waals surface area contributed by atoms with E-state index in [1.54, 1.807) is 18.2 Å². The molecule has 0 bridgehead atoms. The Bertz CT molecular complexity index is 867. The van der Waals surface area contributed by atoms with Gasteiger partial charge >= 0.3 is 0 Å². The predicted octanol–water partition coefficient (Wildman–Crippen LogP) is 2.24. The summed E-state index contributed by atoms with van der Waals surface area (Å²) in [6.07, 6.45) is 2.17. The number of sulfonamides is 1. The van der Waals surface area contributed by atoms with Crippen molar-refractivity contribution >= 4 is 15.9 Å². The van der Waals surface area contributed by atoms with Crippen LogP contribution in [0.1, 0.15) is 23.2 Å². The summed E-state index contributed by atoms with van der Waals surface area (Å²) in [7, 11) is -3.90. The minimum atomic E-state index is -3.90. The Morgan fingerprint density at radius 1 is 1.16 bits per heavy atom. The highest BCUT2D eigenvalue weighted by molar-refractivity contribution is 7.89. The molecule has 0 aliphatic heterocycles. The molecule has 1 aliphatic rings. The number of rotatable bonds is 7. The van der Waals surface area contributed by atoms with Crippen LogP contribution in [-0.4, -0.2) is 20.9 Å². The smallest absolute Gasteiger partial charge is 0.266 e. The van der Waals surface area contributed by atoms with Crippen LogP contribution in [0.5, 0.6) is 5.75 Å². The van der Waals surface area contributed by atoms with Crippen LogP contribution < -0.4 is 15.0 Å². The third kappa shape index (κ3) is 4.77. The number of benzene rings is 2. The summed E-state index contributed by atoms with van der Waals surface area (Å²) < 4.78 is 43.2. The minimum Gasteiger partial charge on any atom is -0.493 e. The van der Waals surface area contributed by atoms with Gasteiger partial charge in [-0.25, -0.2) is 12.8 Å². The van der Waals surface area contributed by atoms with Crippen molar-refractivity contribution in [2.75, 3.05) is 6.61 Å². The molecule has 1 saturated carbocycles. The van der Waals surface area contributed by atoms with E-state index in [9.17, 15) is 17.6 Å². The maximum atomic E-state index is 13.7. The van der Waals surface area contributed by atoms with Gasteiger partial charge in [-0.1, -0.05) is 18.2 Å². The summed E-state index contributed by atoms with van der Waals surface area (Å²) in [6, 6.07) is 11.1. The van der Waals surface area contributed by atoms with Crippen LogP contribution in [0, 0.1) is 11.7 Å². The molecule has 0 radical (unpaired) electrons. The van der Waals surface area contributed by atoms with Crippen molar-refractivity contribution in [1.82, 2.24) is 10.3 Å². The van der Waals surface area contributed by atoms with Crippen LogP contribution in [0.3, 0.4) is 0 Å². The standard InChI is InChI=1S/C17H17FN2O4S/c18-14-8-13(9-15(10-14)24-11-12-6-7-12)17(21)19-20-25(22,23)16-4-2-1-3-5-16/h1-5,8-10,12,20H,6-7,11H2,(H,19,21). The fourth-order valence-corrected chi connectivity index (χ4v) is 2.98. The quantitative estimate of drug-likeness (QED) is 0.738. The van der Waals surface area contributed by atoms with E-state index in [0.717, 1.165) is 18.9 Å². The molecule has 0 spiro atoms. The first-order valence-corrected chi connectivity index (χ1v) is 9.23. The highest BCUT2D eigenvalue weighted by Crippen LogP contribution is 2.29. The van der Waals surface area contributed by atoms with Crippen molar-refractivity contribution in [3.05, 3.63) is 59.9 Å². The van der Waals surface area contributed by atoms with Crippen LogP contribution in [0.15, 0.2) is 53.4 Å². The Morgan fingerprint density at radius 2 is 1.88 bits per heavy atom. The zero-order valence-electron chi connectivity index (χ0n) is 13.2. The van der Waals surface area contributed by atoms with Crippen LogP contribution in [0.4, 0.5) is 4.39 Å². The summed E-state index contributed by atoms with van der Waals surface area (Å²) in [4.78, 5) is 14.1. The van der Waals surface area contributed by atoms with Gasteiger partial charge in [0.1, 0.15) is 11.6 Å². The van der Waals surface area contributed by atoms with Crippen molar-refractivity contribution < 1.29 is 22.3 Å². The molecule has 0 atom stereocenters. The van der Waals surface area contributed by atoms with Gasteiger partial charge < -0.3 is 4.74 Å². The van der Waals surface area contributed by atoms with Gasteiger partial charge in [-0.15, -0.1) is 4.83 Å². The summed E-state index contributed by atoms with van der Waals surface area (Å²) in [5.41, 5.74) is 2.03. The number of amides is 1. The molecular weight excluding hydrogens is 347 g/mol. The number of hydrogen-bond donors (Lipinski definition) is 2. The van der Waals surface area contributed by atoms with Crippen LogP contribution in [0.2, 0.25) is 0 Å². The molecule has 6 nitrogen and oxygen atoms in total. The first-order valence-electron chi connectivity index (χ1n) is 7.74. The van der Waals surface area contributed by atoms with Gasteiger partial charge in [0.05, 0.1) is 11.5 Å². The molecule has 132 valence electrons. The molecule has 8 heteroatoms. The SMILES string of the molecule is O=C(NNS(=O)(=O)c1ccccc1)c1cc(F)cc(OCC2CC2)c1. The fourth-order valence-electron chi connectivity index (χ4n) is 2.12. The van der Waals surface area contributed by atoms with E-state index in [2.05, 4.69) is 5.43 Å². The minimum absolute atomic E-state index is 0.00278. The van der Waals surface area contributed by atoms with Crippen LogP contribution >= 0.6 is 0 Å². The van der Waals surface area contributed by atoms with Gasteiger partial charge in [0.2, 0.25) is 0 Å². The second kappa shape index (κ2) is 7.20. The Labute approximate surface area is 145 Å². The Hall–Kier alpha value is -2.45. The maximum Gasteiger partial charge on any atom is 0.266 e. The van der Waals surface area contributed by atoms with Gasteiger partial charge in [0.15, 0.2) is 0 Å². The average molecular weight is 364 g/mol. The highest BCUT2D eigenvalue weighted by atomic mass is 32.2. The summed E-state index contributed by atoms with van der Waals surface area (Å²) >= 11 is 0. The number of halogens is 1. The van der Waals surface area contributed by atoms with Gasteiger partial charge in [-0.2, -0.15) is 0 Å². The monoisotopic (exact) mass is 364 g/mol. The van der Waals surface area contributed by atoms with Gasteiger partial charge in [0.25, 0.3) is 15.9 Å². The van der Waals surface area contributed by atoms with Gasteiger partial charge in [-0.05, 0) is 43.0 Å². The van der Waals surface area contributed by atoms with Crippen molar-refractivity contribution in [2.45, 2.75) is 17.7 Å². The normalized spacial score (nSPS) is 14.1. The maximum absolute atomic E-state index is 13.7. The third-order valence-electron chi connectivity index (χ3n) is 3.67. The Kier molecular flexibility index (Phi) is 5.00. The van der Waals surface area contributed by atoms with E-state index >= 15 is 0 Å². The Balaban J connectivity index is 1.66. The number of carbonyl (C=O) groups excluding carboxylic acids is 1. The molecular formula is C17H17FN2O4S. The summed E-state index contributed by atoms with van der Waals surface area (Å²) in [5.74, 6) is -0.694. The van der Waals surface area contributed by atoms with E-state index in [1.165, 1.54) is 24.3 Å². The van der Waals surface area contributed by atoms with Crippen molar-refractivity contribution in [2.24, 2.45) is 5.92 Å². The lowest BCUT2D eigenvalue weighted by Crippen LogP contribution is -2.41. The van der Waals surface area contributed by atoms with E-state index in [4.69, 9.17) is 4.74 Å². The number of carbonyl (C=O) groups is 1. The van der Waals surface area contributed by atoms with E-state index in [1.807, 2.05) is 4.83 Å². The third-order valence-corrected chi connectivity index (χ3v) is 4.93. The van der Waals surface area contributed by atoms with Gasteiger partial charge in [-0.3, -0.25) is 10.2 Å². The van der Waals surface area contributed by atoms with Crippen LogP contribution in [-0.2, 0) is 10.0 Å². The molecule has 1 amide bonds. The summed E-state index contributed by atoms with van der Waals surface area (Å²) in [6.45, 7) is 0.477. The molecule has 0 heterocycles. The number of hydrogen-bond acceptors (Lipinski definition) is 4. The molecule has 0 saturated heterocycles. The molecule has 25 heavy (non-hydrogen) atoms. The summed E-state index contributed by atoms with van der Waals surface area (Å²) in [5, 5.41) is 0. The fraction of sp³-hybridized carbons (Fsp3) is 0.235. The number of nitrogens with one attached hydrogen (secondary N) is 2. The van der Waals surface area contributed by atoms with E-state index in [0.29, 0.717) is 12.5 Å². The lowest BCUT2D eigenvalue weighted by Gasteiger charge is -2.10. The largest absolute Gasteiger partial charge is 0.493 e. The molecule has 2 aromatic rings. The highest BCUT2D eigenvalue weighted by Gasteiger charge is 2.22. The molecule has 2 aromatic carbocycles. The molecule has 1 aliphatic carbocycles. The topological polar surface area (TPSA) is 84.5 Å². The molecule has 3 rings (SSSR count).